The van der Waals surface area contributed by atoms with Gasteiger partial charge in [-0.2, -0.15) is 4.31 Å². The normalized spacial score (nSPS) is 28.7. The highest BCUT2D eigenvalue weighted by molar-refractivity contribution is 7.89. The third kappa shape index (κ3) is 1.63. The number of sulfonamides is 1. The van der Waals surface area contributed by atoms with Crippen LogP contribution in [0.2, 0.25) is 0 Å². The molecule has 2 fully saturated rings. The Hall–Kier alpha value is -1.14. The predicted molar refractivity (Wildman–Crippen MR) is 63.7 cm³/mol. The van der Waals surface area contributed by atoms with E-state index in [9.17, 15) is 8.42 Å². The average Bonchev–Trinajstić information content (AvgIpc) is 2.91. The molecular formula is C11H15N3O2S. The van der Waals surface area contributed by atoms with Crippen LogP contribution < -0.4 is 5.73 Å². The van der Waals surface area contributed by atoms with Crippen LogP contribution in [-0.2, 0) is 10.0 Å². The van der Waals surface area contributed by atoms with E-state index in [0.29, 0.717) is 12.5 Å². The van der Waals surface area contributed by atoms with Gasteiger partial charge in [0.15, 0.2) is 5.03 Å². The largest absolute Gasteiger partial charge is 0.396 e. The minimum atomic E-state index is -3.50. The molecule has 92 valence electrons. The van der Waals surface area contributed by atoms with Gasteiger partial charge in [0, 0.05) is 18.8 Å². The highest BCUT2D eigenvalue weighted by Crippen LogP contribution is 2.40. The van der Waals surface area contributed by atoms with Crippen molar-refractivity contribution in [2.45, 2.75) is 30.3 Å². The Kier molecular flexibility index (Phi) is 2.38. The van der Waals surface area contributed by atoms with Crippen LogP contribution in [0.25, 0.3) is 0 Å². The van der Waals surface area contributed by atoms with Crippen LogP contribution in [0.15, 0.2) is 23.4 Å². The smallest absolute Gasteiger partial charge is 0.262 e. The summed E-state index contributed by atoms with van der Waals surface area (Å²) in [7, 11) is -3.50. The molecule has 2 bridgehead atoms. The van der Waals surface area contributed by atoms with Crippen molar-refractivity contribution in [2.75, 3.05) is 12.3 Å². The molecular weight excluding hydrogens is 238 g/mol. The van der Waals surface area contributed by atoms with Crippen molar-refractivity contribution in [3.63, 3.8) is 0 Å². The molecule has 1 aliphatic heterocycles. The van der Waals surface area contributed by atoms with Crippen molar-refractivity contribution < 1.29 is 8.42 Å². The van der Waals surface area contributed by atoms with E-state index < -0.39 is 10.0 Å². The lowest BCUT2D eigenvalue weighted by Gasteiger charge is -2.25. The molecule has 1 saturated carbocycles. The van der Waals surface area contributed by atoms with Gasteiger partial charge < -0.3 is 5.73 Å². The Morgan fingerprint density at radius 2 is 2.24 bits per heavy atom. The first-order valence-corrected chi connectivity index (χ1v) is 7.25. The number of hydrogen-bond acceptors (Lipinski definition) is 4. The van der Waals surface area contributed by atoms with Crippen LogP contribution in [-0.4, -0.2) is 30.3 Å². The summed E-state index contributed by atoms with van der Waals surface area (Å²) in [6.45, 7) is 0.628. The molecule has 2 aliphatic rings. The van der Waals surface area contributed by atoms with E-state index in [-0.39, 0.29) is 16.8 Å². The summed E-state index contributed by atoms with van der Waals surface area (Å²) in [6.07, 6.45) is 4.58. The first-order valence-electron chi connectivity index (χ1n) is 5.81. The fraction of sp³-hybridized carbons (Fsp3) is 0.545. The molecule has 0 radical (unpaired) electrons. The molecule has 0 spiro atoms. The number of nitrogens with zero attached hydrogens (tertiary/aromatic N) is 2. The molecule has 1 aromatic rings. The van der Waals surface area contributed by atoms with Gasteiger partial charge in [-0.05, 0) is 37.3 Å². The highest BCUT2D eigenvalue weighted by Gasteiger charge is 2.45. The number of rotatable bonds is 2. The topological polar surface area (TPSA) is 76.3 Å². The van der Waals surface area contributed by atoms with Gasteiger partial charge in [-0.25, -0.2) is 13.4 Å². The molecule has 2 N–H and O–H groups in total. The van der Waals surface area contributed by atoms with Gasteiger partial charge in [-0.1, -0.05) is 0 Å². The summed E-state index contributed by atoms with van der Waals surface area (Å²) in [6, 6.07) is 3.38. The van der Waals surface area contributed by atoms with Gasteiger partial charge in [0.25, 0.3) is 10.0 Å². The summed E-state index contributed by atoms with van der Waals surface area (Å²) < 4.78 is 26.4. The second-order valence-corrected chi connectivity index (χ2v) is 6.61. The van der Waals surface area contributed by atoms with Crippen molar-refractivity contribution in [3.8, 4) is 0 Å². The van der Waals surface area contributed by atoms with Gasteiger partial charge in [0.1, 0.15) is 0 Å². The Morgan fingerprint density at radius 3 is 2.82 bits per heavy atom. The Labute approximate surface area is 101 Å². The van der Waals surface area contributed by atoms with Gasteiger partial charge in [0.2, 0.25) is 0 Å². The van der Waals surface area contributed by atoms with E-state index in [4.69, 9.17) is 5.73 Å². The highest BCUT2D eigenvalue weighted by atomic mass is 32.2. The minimum absolute atomic E-state index is 0.00699. The first-order chi connectivity index (χ1) is 8.09. The quantitative estimate of drug-likeness (QED) is 0.847. The molecule has 17 heavy (non-hydrogen) atoms. The van der Waals surface area contributed by atoms with Crippen LogP contribution in [0.4, 0.5) is 5.69 Å². The number of fused-ring (bicyclic) bond motifs is 2. The summed E-state index contributed by atoms with van der Waals surface area (Å²) in [5.74, 6) is 0.528. The second-order valence-electron chi connectivity index (χ2n) is 4.81. The number of aromatic nitrogens is 1. The zero-order valence-electron chi connectivity index (χ0n) is 9.41. The van der Waals surface area contributed by atoms with E-state index in [1.54, 1.807) is 16.4 Å². The van der Waals surface area contributed by atoms with E-state index >= 15 is 0 Å². The van der Waals surface area contributed by atoms with Crippen LogP contribution in [0.1, 0.15) is 19.3 Å². The Bertz CT molecular complexity index is 543. The molecule has 0 aromatic carbocycles. The standard InChI is InChI=1S/C11H15N3O2S/c12-10-2-1-5-13-11(10)17(15,16)14-7-8-3-4-9(14)6-8/h1-2,5,8-9H,3-4,6-7,12H2. The van der Waals surface area contributed by atoms with Crippen molar-refractivity contribution in [1.29, 1.82) is 0 Å². The fourth-order valence-corrected chi connectivity index (χ4v) is 4.68. The van der Waals surface area contributed by atoms with Crippen molar-refractivity contribution in [1.82, 2.24) is 9.29 Å². The minimum Gasteiger partial charge on any atom is -0.396 e. The summed E-state index contributed by atoms with van der Waals surface area (Å²) in [5.41, 5.74) is 5.94. The monoisotopic (exact) mass is 253 g/mol. The van der Waals surface area contributed by atoms with Crippen LogP contribution >= 0.6 is 0 Å². The van der Waals surface area contributed by atoms with Crippen molar-refractivity contribution in [3.05, 3.63) is 18.3 Å². The van der Waals surface area contributed by atoms with Gasteiger partial charge in [-0.15, -0.1) is 0 Å². The molecule has 2 atom stereocenters. The number of anilines is 1. The van der Waals surface area contributed by atoms with E-state index in [1.165, 1.54) is 6.20 Å². The van der Waals surface area contributed by atoms with Crippen molar-refractivity contribution >= 4 is 15.7 Å². The summed E-state index contributed by atoms with van der Waals surface area (Å²) >= 11 is 0. The third-order valence-corrected chi connectivity index (χ3v) is 5.61. The molecule has 2 unspecified atom stereocenters. The van der Waals surface area contributed by atoms with Crippen LogP contribution in [0.3, 0.4) is 0 Å². The number of hydrogen-bond donors (Lipinski definition) is 1. The molecule has 3 rings (SSSR count). The SMILES string of the molecule is Nc1cccnc1S(=O)(=O)N1CC2CCC1C2. The van der Waals surface area contributed by atoms with Gasteiger partial charge in [0.05, 0.1) is 5.69 Å². The van der Waals surface area contributed by atoms with Crippen molar-refractivity contribution in [2.24, 2.45) is 5.92 Å². The number of piperidine rings is 1. The third-order valence-electron chi connectivity index (χ3n) is 3.71. The maximum atomic E-state index is 12.4. The zero-order chi connectivity index (χ0) is 12.0. The molecule has 5 nitrogen and oxygen atoms in total. The lowest BCUT2D eigenvalue weighted by Crippen LogP contribution is -2.38. The Morgan fingerprint density at radius 1 is 1.41 bits per heavy atom. The number of pyridine rings is 1. The summed E-state index contributed by atoms with van der Waals surface area (Å²) in [5, 5.41) is 0.00699. The molecule has 1 saturated heterocycles. The number of nitrogens with two attached hydrogens (primary N) is 1. The molecule has 0 amide bonds. The van der Waals surface area contributed by atoms with Gasteiger partial charge >= 0.3 is 0 Å². The first kappa shape index (κ1) is 11.0. The maximum absolute atomic E-state index is 12.4. The molecule has 1 aromatic heterocycles. The van der Waals surface area contributed by atoms with E-state index in [0.717, 1.165) is 19.3 Å². The van der Waals surface area contributed by atoms with E-state index in [2.05, 4.69) is 4.98 Å². The molecule has 1 aliphatic carbocycles. The van der Waals surface area contributed by atoms with Crippen LogP contribution in [0.5, 0.6) is 0 Å². The fourth-order valence-electron chi connectivity index (χ4n) is 2.90. The Balaban J connectivity index is 2.00. The van der Waals surface area contributed by atoms with Crippen LogP contribution in [0, 0.1) is 5.92 Å². The average molecular weight is 253 g/mol. The molecule has 2 heterocycles. The predicted octanol–water partition coefficient (Wildman–Crippen LogP) is 0.837. The lowest BCUT2D eigenvalue weighted by atomic mass is 10.1. The van der Waals surface area contributed by atoms with Gasteiger partial charge in [-0.3, -0.25) is 0 Å². The molecule has 6 heteroatoms. The lowest BCUT2D eigenvalue weighted by molar-refractivity contribution is 0.332. The maximum Gasteiger partial charge on any atom is 0.262 e. The second kappa shape index (κ2) is 3.68. The zero-order valence-corrected chi connectivity index (χ0v) is 10.2. The number of nitrogen functional groups attached to an aromatic ring is 1. The van der Waals surface area contributed by atoms with E-state index in [1.807, 2.05) is 0 Å². The summed E-state index contributed by atoms with van der Waals surface area (Å²) in [4.78, 5) is 3.92.